The zero-order valence-corrected chi connectivity index (χ0v) is 12.3. The molecule has 0 bridgehead atoms. The molecule has 1 aromatic rings. The van der Waals surface area contributed by atoms with E-state index < -0.39 is 5.97 Å². The van der Waals surface area contributed by atoms with Crippen molar-refractivity contribution in [2.75, 3.05) is 5.32 Å². The van der Waals surface area contributed by atoms with E-state index in [1.165, 1.54) is 44.2 Å². The minimum absolute atomic E-state index is 0.156. The van der Waals surface area contributed by atoms with Gasteiger partial charge in [0.1, 0.15) is 0 Å². The van der Waals surface area contributed by atoms with E-state index in [1.807, 2.05) is 6.92 Å². The van der Waals surface area contributed by atoms with E-state index in [1.54, 1.807) is 12.1 Å². The highest BCUT2D eigenvalue weighted by atomic mass is 16.4. The number of rotatable bonds is 4. The second-order valence-corrected chi connectivity index (χ2v) is 5.67. The normalized spacial score (nSPS) is 17.0. The Labute approximate surface area is 124 Å². The summed E-state index contributed by atoms with van der Waals surface area (Å²) in [5, 5.41) is 14.5. The molecule has 21 heavy (non-hydrogen) atoms. The largest absolute Gasteiger partial charge is 0.478 e. The van der Waals surface area contributed by atoms with Crippen molar-refractivity contribution in [3.8, 4) is 0 Å². The van der Waals surface area contributed by atoms with Crippen molar-refractivity contribution >= 4 is 17.7 Å². The second-order valence-electron chi connectivity index (χ2n) is 5.67. The van der Waals surface area contributed by atoms with Gasteiger partial charge in [-0.05, 0) is 49.9 Å². The SMILES string of the molecule is CC(NC(=O)Nc1ccc(C(=O)O)cc1)C1CCCCC1. The molecule has 0 radical (unpaired) electrons. The molecule has 1 saturated carbocycles. The van der Waals surface area contributed by atoms with Crippen LogP contribution in [-0.4, -0.2) is 23.1 Å². The van der Waals surface area contributed by atoms with E-state index in [4.69, 9.17) is 5.11 Å². The lowest BCUT2D eigenvalue weighted by Gasteiger charge is -2.28. The van der Waals surface area contributed by atoms with Gasteiger partial charge in [-0.25, -0.2) is 9.59 Å². The number of hydrogen-bond acceptors (Lipinski definition) is 2. The molecule has 0 aliphatic heterocycles. The summed E-state index contributed by atoms with van der Waals surface area (Å²) in [6.07, 6.45) is 6.14. The summed E-state index contributed by atoms with van der Waals surface area (Å²) in [7, 11) is 0. The lowest BCUT2D eigenvalue weighted by Crippen LogP contribution is -2.41. The van der Waals surface area contributed by atoms with E-state index in [9.17, 15) is 9.59 Å². The molecule has 1 aliphatic rings. The van der Waals surface area contributed by atoms with E-state index in [0.29, 0.717) is 11.6 Å². The van der Waals surface area contributed by atoms with Crippen molar-refractivity contribution in [2.24, 2.45) is 5.92 Å². The van der Waals surface area contributed by atoms with Crippen molar-refractivity contribution in [1.82, 2.24) is 5.32 Å². The van der Waals surface area contributed by atoms with Crippen molar-refractivity contribution in [3.63, 3.8) is 0 Å². The van der Waals surface area contributed by atoms with Gasteiger partial charge in [-0.1, -0.05) is 19.3 Å². The minimum Gasteiger partial charge on any atom is -0.478 e. The van der Waals surface area contributed by atoms with Crippen molar-refractivity contribution < 1.29 is 14.7 Å². The van der Waals surface area contributed by atoms with Crippen LogP contribution in [0.1, 0.15) is 49.4 Å². The average molecular weight is 290 g/mol. The zero-order valence-electron chi connectivity index (χ0n) is 12.3. The fraction of sp³-hybridized carbons (Fsp3) is 0.500. The first-order valence-corrected chi connectivity index (χ1v) is 7.47. The van der Waals surface area contributed by atoms with Crippen LogP contribution < -0.4 is 10.6 Å². The summed E-state index contributed by atoms with van der Waals surface area (Å²) in [6.45, 7) is 2.04. The van der Waals surface area contributed by atoms with Crippen LogP contribution in [0.3, 0.4) is 0 Å². The number of urea groups is 1. The molecule has 0 heterocycles. The van der Waals surface area contributed by atoms with Crippen LogP contribution in [0.25, 0.3) is 0 Å². The molecular weight excluding hydrogens is 268 g/mol. The van der Waals surface area contributed by atoms with E-state index in [0.717, 1.165) is 0 Å². The monoisotopic (exact) mass is 290 g/mol. The van der Waals surface area contributed by atoms with Gasteiger partial charge in [0.25, 0.3) is 0 Å². The average Bonchev–Trinajstić information content (AvgIpc) is 2.48. The van der Waals surface area contributed by atoms with E-state index >= 15 is 0 Å². The maximum atomic E-state index is 11.9. The Morgan fingerprint density at radius 2 is 1.76 bits per heavy atom. The highest BCUT2D eigenvalue weighted by molar-refractivity contribution is 5.91. The number of carbonyl (C=O) groups is 2. The van der Waals surface area contributed by atoms with Gasteiger partial charge in [0.15, 0.2) is 0 Å². The first-order chi connectivity index (χ1) is 10.1. The van der Waals surface area contributed by atoms with Crippen LogP contribution >= 0.6 is 0 Å². The summed E-state index contributed by atoms with van der Waals surface area (Å²) in [5.41, 5.74) is 0.796. The summed E-state index contributed by atoms with van der Waals surface area (Å²) in [6, 6.07) is 6.05. The summed E-state index contributed by atoms with van der Waals surface area (Å²) in [5.74, 6) is -0.421. The first-order valence-electron chi connectivity index (χ1n) is 7.47. The van der Waals surface area contributed by atoms with Gasteiger partial charge in [-0.3, -0.25) is 0 Å². The standard InChI is InChI=1S/C16H22N2O3/c1-11(12-5-3-2-4-6-12)17-16(21)18-14-9-7-13(8-10-14)15(19)20/h7-12H,2-6H2,1H3,(H,19,20)(H2,17,18,21). The molecule has 0 aromatic heterocycles. The molecular formula is C16H22N2O3. The molecule has 1 fully saturated rings. The molecule has 0 spiro atoms. The molecule has 5 heteroatoms. The van der Waals surface area contributed by atoms with Gasteiger partial charge in [0, 0.05) is 11.7 Å². The highest BCUT2D eigenvalue weighted by Crippen LogP contribution is 2.26. The van der Waals surface area contributed by atoms with E-state index in [2.05, 4.69) is 10.6 Å². The molecule has 1 unspecified atom stereocenters. The molecule has 1 atom stereocenters. The molecule has 114 valence electrons. The van der Waals surface area contributed by atoms with Crippen LogP contribution in [0.15, 0.2) is 24.3 Å². The van der Waals surface area contributed by atoms with Gasteiger partial charge in [0.05, 0.1) is 5.56 Å². The highest BCUT2D eigenvalue weighted by Gasteiger charge is 2.21. The summed E-state index contributed by atoms with van der Waals surface area (Å²) in [4.78, 5) is 22.7. The van der Waals surface area contributed by atoms with Crippen LogP contribution in [0, 0.1) is 5.92 Å². The lowest BCUT2D eigenvalue weighted by molar-refractivity contribution is 0.0697. The number of benzene rings is 1. The molecule has 5 nitrogen and oxygen atoms in total. The van der Waals surface area contributed by atoms with Crippen LogP contribution in [-0.2, 0) is 0 Å². The summed E-state index contributed by atoms with van der Waals surface area (Å²) < 4.78 is 0. The topological polar surface area (TPSA) is 78.4 Å². The smallest absolute Gasteiger partial charge is 0.335 e. The quantitative estimate of drug-likeness (QED) is 0.794. The second kappa shape index (κ2) is 7.11. The number of carbonyl (C=O) groups excluding carboxylic acids is 1. The maximum absolute atomic E-state index is 11.9. The predicted octanol–water partition coefficient (Wildman–Crippen LogP) is 3.48. The Morgan fingerprint density at radius 3 is 2.33 bits per heavy atom. The fourth-order valence-electron chi connectivity index (χ4n) is 2.82. The number of carboxylic acids is 1. The molecule has 1 aromatic carbocycles. The minimum atomic E-state index is -0.975. The molecule has 3 N–H and O–H groups in total. The number of carboxylic acid groups (broad SMARTS) is 1. The van der Waals surface area contributed by atoms with Crippen LogP contribution in [0.4, 0.5) is 10.5 Å². The van der Waals surface area contributed by atoms with Crippen molar-refractivity contribution in [1.29, 1.82) is 0 Å². The Kier molecular flexibility index (Phi) is 5.20. The maximum Gasteiger partial charge on any atom is 0.335 e. The fourth-order valence-corrected chi connectivity index (χ4v) is 2.82. The number of amides is 2. The number of hydrogen-bond donors (Lipinski definition) is 3. The number of aromatic carboxylic acids is 1. The number of nitrogens with one attached hydrogen (secondary N) is 2. The third-order valence-corrected chi connectivity index (χ3v) is 4.11. The first kappa shape index (κ1) is 15.4. The van der Waals surface area contributed by atoms with Gasteiger partial charge in [0.2, 0.25) is 0 Å². The Hall–Kier alpha value is -2.04. The van der Waals surface area contributed by atoms with Gasteiger partial charge in [-0.15, -0.1) is 0 Å². The van der Waals surface area contributed by atoms with Crippen molar-refractivity contribution in [2.45, 2.75) is 45.1 Å². The Bertz CT molecular complexity index is 493. The Morgan fingerprint density at radius 1 is 1.14 bits per heavy atom. The van der Waals surface area contributed by atoms with Gasteiger partial charge >= 0.3 is 12.0 Å². The third-order valence-electron chi connectivity index (χ3n) is 4.11. The van der Waals surface area contributed by atoms with Crippen molar-refractivity contribution in [3.05, 3.63) is 29.8 Å². The predicted molar refractivity (Wildman–Crippen MR) is 81.6 cm³/mol. The zero-order chi connectivity index (χ0) is 15.2. The third kappa shape index (κ3) is 4.48. The van der Waals surface area contributed by atoms with Gasteiger partial charge in [-0.2, -0.15) is 0 Å². The summed E-state index contributed by atoms with van der Waals surface area (Å²) >= 11 is 0. The van der Waals surface area contributed by atoms with Crippen LogP contribution in [0.5, 0.6) is 0 Å². The molecule has 2 rings (SSSR count). The van der Waals surface area contributed by atoms with E-state index in [-0.39, 0.29) is 17.6 Å². The number of anilines is 1. The van der Waals surface area contributed by atoms with Gasteiger partial charge < -0.3 is 15.7 Å². The molecule has 2 amide bonds. The Balaban J connectivity index is 1.84. The molecule has 0 saturated heterocycles. The van der Waals surface area contributed by atoms with Crippen LogP contribution in [0.2, 0.25) is 0 Å². The molecule has 1 aliphatic carbocycles. The lowest BCUT2D eigenvalue weighted by atomic mass is 9.85.